The van der Waals surface area contributed by atoms with Crippen molar-refractivity contribution >= 4 is 16.7 Å². The van der Waals surface area contributed by atoms with Crippen LogP contribution in [0.4, 0.5) is 0 Å². The van der Waals surface area contributed by atoms with Crippen molar-refractivity contribution in [1.29, 1.82) is 0 Å². The summed E-state index contributed by atoms with van der Waals surface area (Å²) >= 11 is 0. The standard InChI is InChI=1S/C25H32N4O/c1-3-13-29-18-22(19(2)27-29)17-28-14-7-8-20(16-28)15-26-25(30)24-12-6-10-21-9-4-5-11-23(21)24/h4-6,9-12,18,20H,3,7-8,13-17H2,1-2H3,(H,26,30)/t20-/m0/s1. The Morgan fingerprint density at radius 3 is 2.90 bits per heavy atom. The number of benzene rings is 2. The van der Waals surface area contributed by atoms with E-state index in [0.717, 1.165) is 61.2 Å². The minimum Gasteiger partial charge on any atom is -0.352 e. The average molecular weight is 405 g/mol. The number of aromatic nitrogens is 2. The number of nitrogens with one attached hydrogen (secondary N) is 1. The summed E-state index contributed by atoms with van der Waals surface area (Å²) in [5.41, 5.74) is 3.22. The van der Waals surface area contributed by atoms with Gasteiger partial charge in [0.15, 0.2) is 0 Å². The predicted molar refractivity (Wildman–Crippen MR) is 122 cm³/mol. The number of rotatable bonds is 7. The van der Waals surface area contributed by atoms with Gasteiger partial charge in [0, 0.05) is 43.5 Å². The number of likely N-dealkylation sites (tertiary alicyclic amines) is 1. The smallest absolute Gasteiger partial charge is 0.251 e. The molecule has 1 atom stereocenters. The highest BCUT2D eigenvalue weighted by molar-refractivity contribution is 6.06. The molecule has 158 valence electrons. The molecule has 5 nitrogen and oxygen atoms in total. The van der Waals surface area contributed by atoms with E-state index in [1.807, 2.05) is 30.3 Å². The van der Waals surface area contributed by atoms with Crippen molar-refractivity contribution in [1.82, 2.24) is 20.0 Å². The summed E-state index contributed by atoms with van der Waals surface area (Å²) in [7, 11) is 0. The molecule has 0 bridgehead atoms. The van der Waals surface area contributed by atoms with Crippen molar-refractivity contribution in [3.05, 3.63) is 65.5 Å². The zero-order valence-corrected chi connectivity index (χ0v) is 18.1. The average Bonchev–Trinajstić information content (AvgIpc) is 3.11. The van der Waals surface area contributed by atoms with Crippen LogP contribution < -0.4 is 5.32 Å². The third-order valence-electron chi connectivity index (χ3n) is 6.08. The summed E-state index contributed by atoms with van der Waals surface area (Å²) in [6, 6.07) is 14.0. The van der Waals surface area contributed by atoms with E-state index in [1.165, 1.54) is 18.4 Å². The number of hydrogen-bond acceptors (Lipinski definition) is 3. The van der Waals surface area contributed by atoms with E-state index in [1.54, 1.807) is 0 Å². The molecule has 1 N–H and O–H groups in total. The number of carbonyl (C=O) groups is 1. The van der Waals surface area contributed by atoms with Crippen molar-refractivity contribution in [2.75, 3.05) is 19.6 Å². The summed E-state index contributed by atoms with van der Waals surface area (Å²) < 4.78 is 2.07. The molecular formula is C25H32N4O. The maximum atomic E-state index is 12.8. The van der Waals surface area contributed by atoms with Gasteiger partial charge in [0.05, 0.1) is 5.69 Å². The third kappa shape index (κ3) is 4.73. The summed E-state index contributed by atoms with van der Waals surface area (Å²) in [4.78, 5) is 15.4. The van der Waals surface area contributed by atoms with Gasteiger partial charge in [0.25, 0.3) is 5.91 Å². The normalized spacial score (nSPS) is 17.3. The van der Waals surface area contributed by atoms with Crippen molar-refractivity contribution < 1.29 is 4.79 Å². The highest BCUT2D eigenvalue weighted by Gasteiger charge is 2.22. The van der Waals surface area contributed by atoms with E-state index >= 15 is 0 Å². The summed E-state index contributed by atoms with van der Waals surface area (Å²) in [6.07, 6.45) is 5.64. The highest BCUT2D eigenvalue weighted by Crippen LogP contribution is 2.21. The molecule has 1 aliphatic rings. The number of aryl methyl sites for hydroxylation is 2. The van der Waals surface area contributed by atoms with Gasteiger partial charge in [-0.3, -0.25) is 14.4 Å². The second-order valence-electron chi connectivity index (χ2n) is 8.48. The SMILES string of the molecule is CCCn1cc(CN2CCC[C@@H](CNC(=O)c3cccc4ccccc34)C2)c(C)n1. The Morgan fingerprint density at radius 1 is 1.20 bits per heavy atom. The van der Waals surface area contributed by atoms with Crippen molar-refractivity contribution in [2.45, 2.75) is 46.2 Å². The first-order chi connectivity index (χ1) is 14.6. The second-order valence-corrected chi connectivity index (χ2v) is 8.48. The van der Waals surface area contributed by atoms with Crippen LogP contribution in [0.25, 0.3) is 10.8 Å². The fourth-order valence-corrected chi connectivity index (χ4v) is 4.52. The zero-order valence-electron chi connectivity index (χ0n) is 18.1. The number of piperidine rings is 1. The molecule has 4 rings (SSSR count). The minimum atomic E-state index is 0.0283. The molecule has 1 saturated heterocycles. The van der Waals surface area contributed by atoms with Gasteiger partial charge in [-0.2, -0.15) is 5.10 Å². The first-order valence-corrected chi connectivity index (χ1v) is 11.1. The van der Waals surface area contributed by atoms with E-state index in [0.29, 0.717) is 5.92 Å². The first kappa shape index (κ1) is 20.6. The van der Waals surface area contributed by atoms with Crippen LogP contribution in [0.1, 0.15) is 47.8 Å². The van der Waals surface area contributed by atoms with E-state index < -0.39 is 0 Å². The number of nitrogens with zero attached hydrogens (tertiary/aromatic N) is 3. The van der Waals surface area contributed by atoms with Crippen LogP contribution in [-0.4, -0.2) is 40.2 Å². The van der Waals surface area contributed by atoms with E-state index in [2.05, 4.69) is 52.2 Å². The van der Waals surface area contributed by atoms with Gasteiger partial charge >= 0.3 is 0 Å². The van der Waals surface area contributed by atoms with Gasteiger partial charge in [0.2, 0.25) is 0 Å². The van der Waals surface area contributed by atoms with Gasteiger partial charge in [-0.25, -0.2) is 0 Å². The van der Waals surface area contributed by atoms with Crippen LogP contribution in [0, 0.1) is 12.8 Å². The third-order valence-corrected chi connectivity index (χ3v) is 6.08. The van der Waals surface area contributed by atoms with E-state index in [-0.39, 0.29) is 5.91 Å². The fraction of sp³-hybridized carbons (Fsp3) is 0.440. The van der Waals surface area contributed by atoms with Crippen LogP contribution in [0.5, 0.6) is 0 Å². The van der Waals surface area contributed by atoms with Gasteiger partial charge in [-0.05, 0) is 55.5 Å². The van der Waals surface area contributed by atoms with Crippen LogP contribution in [0.2, 0.25) is 0 Å². The Kier molecular flexibility index (Phi) is 6.48. The molecule has 2 aromatic carbocycles. The van der Waals surface area contributed by atoms with Crippen molar-refractivity contribution in [3.8, 4) is 0 Å². The molecule has 0 radical (unpaired) electrons. The molecule has 1 fully saturated rings. The van der Waals surface area contributed by atoms with E-state index in [9.17, 15) is 4.79 Å². The maximum Gasteiger partial charge on any atom is 0.251 e. The summed E-state index contributed by atoms with van der Waals surface area (Å²) in [6.45, 7) is 9.08. The molecule has 3 aromatic rings. The lowest BCUT2D eigenvalue weighted by Gasteiger charge is -2.32. The van der Waals surface area contributed by atoms with Crippen molar-refractivity contribution in [3.63, 3.8) is 0 Å². The lowest BCUT2D eigenvalue weighted by Crippen LogP contribution is -2.40. The molecule has 30 heavy (non-hydrogen) atoms. The molecule has 0 unspecified atom stereocenters. The number of hydrogen-bond donors (Lipinski definition) is 1. The molecule has 2 heterocycles. The Bertz CT molecular complexity index is 1000. The lowest BCUT2D eigenvalue weighted by molar-refractivity contribution is 0.0932. The first-order valence-electron chi connectivity index (χ1n) is 11.1. The largest absolute Gasteiger partial charge is 0.352 e. The van der Waals surface area contributed by atoms with E-state index in [4.69, 9.17) is 0 Å². The maximum absolute atomic E-state index is 12.8. The van der Waals surface area contributed by atoms with Crippen LogP contribution in [0.3, 0.4) is 0 Å². The number of amides is 1. The molecule has 0 saturated carbocycles. The fourth-order valence-electron chi connectivity index (χ4n) is 4.52. The molecule has 1 aliphatic heterocycles. The van der Waals surface area contributed by atoms with Gasteiger partial charge < -0.3 is 5.32 Å². The Morgan fingerprint density at radius 2 is 2.03 bits per heavy atom. The lowest BCUT2D eigenvalue weighted by atomic mass is 9.97. The highest BCUT2D eigenvalue weighted by atomic mass is 16.1. The zero-order chi connectivity index (χ0) is 20.9. The molecule has 1 aromatic heterocycles. The Labute approximate surface area is 179 Å². The molecular weight excluding hydrogens is 372 g/mol. The Hall–Kier alpha value is -2.66. The topological polar surface area (TPSA) is 50.2 Å². The molecule has 0 aliphatic carbocycles. The molecule has 1 amide bonds. The van der Waals surface area contributed by atoms with Gasteiger partial charge in [0.1, 0.15) is 0 Å². The van der Waals surface area contributed by atoms with Gasteiger partial charge in [-0.15, -0.1) is 0 Å². The quantitative estimate of drug-likeness (QED) is 0.635. The number of fused-ring (bicyclic) bond motifs is 1. The Balaban J connectivity index is 1.34. The second kappa shape index (κ2) is 9.43. The summed E-state index contributed by atoms with van der Waals surface area (Å²) in [5.74, 6) is 0.518. The minimum absolute atomic E-state index is 0.0283. The number of carbonyl (C=O) groups excluding carboxylic acids is 1. The van der Waals surface area contributed by atoms with Crippen LogP contribution in [-0.2, 0) is 13.1 Å². The predicted octanol–water partition coefficient (Wildman–Crippen LogP) is 4.40. The molecule has 0 spiro atoms. The summed E-state index contributed by atoms with van der Waals surface area (Å²) in [5, 5.41) is 9.95. The van der Waals surface area contributed by atoms with Crippen molar-refractivity contribution in [2.24, 2.45) is 5.92 Å². The molecule has 5 heteroatoms. The monoisotopic (exact) mass is 404 g/mol. The van der Waals surface area contributed by atoms with Crippen LogP contribution >= 0.6 is 0 Å². The van der Waals surface area contributed by atoms with Gasteiger partial charge in [-0.1, -0.05) is 43.3 Å². The van der Waals surface area contributed by atoms with Crippen LogP contribution in [0.15, 0.2) is 48.7 Å².